The van der Waals surface area contributed by atoms with Gasteiger partial charge in [-0.25, -0.2) is 0 Å². The first-order valence-electron chi connectivity index (χ1n) is 3.87. The Morgan fingerprint density at radius 2 is 2.46 bits per heavy atom. The van der Waals surface area contributed by atoms with Crippen molar-refractivity contribution in [1.29, 1.82) is 0 Å². The van der Waals surface area contributed by atoms with Gasteiger partial charge in [0.05, 0.1) is 6.54 Å². The van der Waals surface area contributed by atoms with E-state index in [1.807, 2.05) is 7.05 Å². The van der Waals surface area contributed by atoms with Crippen molar-refractivity contribution < 1.29 is 0 Å². The summed E-state index contributed by atoms with van der Waals surface area (Å²) in [5.41, 5.74) is 0. The van der Waals surface area contributed by atoms with E-state index in [4.69, 9.17) is 0 Å². The lowest BCUT2D eigenvalue weighted by atomic mass is 10.5. The summed E-state index contributed by atoms with van der Waals surface area (Å²) in [5, 5.41) is 8.21. The molecule has 1 aromatic heterocycles. The Hall–Kier alpha value is -0.550. The molecule has 72 valence electrons. The van der Waals surface area contributed by atoms with Crippen LogP contribution in [0.1, 0.15) is 4.88 Å². The monoisotopic (exact) mass is 261 g/mol. The fraction of sp³-hybridized carbons (Fsp3) is 0.375. The minimum Gasteiger partial charge on any atom is -0.359 e. The Morgan fingerprint density at radius 3 is 2.92 bits per heavy atom. The highest BCUT2D eigenvalue weighted by Crippen LogP contribution is 2.19. The minimum atomic E-state index is 0.809. The van der Waals surface area contributed by atoms with E-state index in [9.17, 15) is 0 Å². The standard InChI is InChI=1S/C8H12BrN3S/c1-10-8(11-2)12-4-7-3-6(9)5-13-7/h3,5H,4H2,1-2H3,(H2,10,11,12). The van der Waals surface area contributed by atoms with Crippen molar-refractivity contribution in [3.8, 4) is 0 Å². The maximum Gasteiger partial charge on any atom is 0.191 e. The van der Waals surface area contributed by atoms with Crippen molar-refractivity contribution in [3.05, 3.63) is 20.8 Å². The molecule has 0 saturated heterocycles. The lowest BCUT2D eigenvalue weighted by Crippen LogP contribution is -2.33. The van der Waals surface area contributed by atoms with Gasteiger partial charge in [0.25, 0.3) is 0 Å². The Balaban J connectivity index is 2.43. The number of guanidine groups is 1. The fourth-order valence-corrected chi connectivity index (χ4v) is 2.29. The molecule has 0 atom stereocenters. The van der Waals surface area contributed by atoms with Crippen LogP contribution in [0.25, 0.3) is 0 Å². The molecule has 0 aliphatic heterocycles. The van der Waals surface area contributed by atoms with Gasteiger partial charge in [-0.05, 0) is 22.0 Å². The van der Waals surface area contributed by atoms with Crippen LogP contribution in [0.4, 0.5) is 0 Å². The van der Waals surface area contributed by atoms with Gasteiger partial charge in [0.15, 0.2) is 5.96 Å². The van der Waals surface area contributed by atoms with E-state index in [-0.39, 0.29) is 0 Å². The Morgan fingerprint density at radius 1 is 1.69 bits per heavy atom. The topological polar surface area (TPSA) is 36.4 Å². The zero-order valence-electron chi connectivity index (χ0n) is 7.60. The van der Waals surface area contributed by atoms with Crippen LogP contribution in [-0.4, -0.2) is 20.1 Å². The molecule has 0 spiro atoms. The predicted octanol–water partition coefficient (Wildman–Crippen LogP) is 1.81. The smallest absolute Gasteiger partial charge is 0.191 e. The van der Waals surface area contributed by atoms with Gasteiger partial charge in [0.1, 0.15) is 0 Å². The van der Waals surface area contributed by atoms with E-state index in [2.05, 4.69) is 43.0 Å². The van der Waals surface area contributed by atoms with Crippen LogP contribution >= 0.6 is 27.3 Å². The lowest BCUT2D eigenvalue weighted by Gasteiger charge is -2.06. The molecule has 0 amide bonds. The lowest BCUT2D eigenvalue weighted by molar-refractivity contribution is 0.879. The molecular weight excluding hydrogens is 250 g/mol. The van der Waals surface area contributed by atoms with Crippen LogP contribution in [0.15, 0.2) is 20.9 Å². The van der Waals surface area contributed by atoms with Crippen molar-refractivity contribution >= 4 is 33.2 Å². The van der Waals surface area contributed by atoms with Crippen LogP contribution in [-0.2, 0) is 6.54 Å². The first-order valence-corrected chi connectivity index (χ1v) is 5.55. The van der Waals surface area contributed by atoms with E-state index in [1.165, 1.54) is 4.88 Å². The SMILES string of the molecule is CN=C(NC)NCc1cc(Br)cs1. The molecule has 1 rings (SSSR count). The van der Waals surface area contributed by atoms with Gasteiger partial charge in [-0.3, -0.25) is 4.99 Å². The van der Waals surface area contributed by atoms with Crippen molar-refractivity contribution in [2.45, 2.75) is 6.54 Å². The summed E-state index contributed by atoms with van der Waals surface area (Å²) < 4.78 is 1.13. The second-order valence-electron chi connectivity index (χ2n) is 2.41. The Bertz CT molecular complexity index is 295. The summed E-state index contributed by atoms with van der Waals surface area (Å²) >= 11 is 5.13. The molecule has 0 unspecified atom stereocenters. The third kappa shape index (κ3) is 3.36. The molecule has 0 aliphatic carbocycles. The third-order valence-corrected chi connectivity index (χ3v) is 3.21. The highest BCUT2D eigenvalue weighted by molar-refractivity contribution is 9.10. The molecule has 0 radical (unpaired) electrons. The summed E-state index contributed by atoms with van der Waals surface area (Å²) in [5.74, 6) is 0.810. The summed E-state index contributed by atoms with van der Waals surface area (Å²) in [6.45, 7) is 0.809. The third-order valence-electron chi connectivity index (χ3n) is 1.51. The predicted molar refractivity (Wildman–Crippen MR) is 61.3 cm³/mol. The van der Waals surface area contributed by atoms with Crippen molar-refractivity contribution in [1.82, 2.24) is 10.6 Å². The number of halogens is 1. The van der Waals surface area contributed by atoms with Gasteiger partial charge >= 0.3 is 0 Å². The Labute approximate surface area is 90.4 Å². The molecule has 13 heavy (non-hydrogen) atoms. The molecule has 1 heterocycles. The molecule has 0 bridgehead atoms. The molecule has 1 aromatic rings. The number of nitrogens with zero attached hydrogens (tertiary/aromatic N) is 1. The number of aliphatic imine (C=N–C) groups is 1. The van der Waals surface area contributed by atoms with Gasteiger partial charge in [-0.2, -0.15) is 0 Å². The fourth-order valence-electron chi connectivity index (χ4n) is 0.897. The maximum absolute atomic E-state index is 4.02. The second kappa shape index (κ2) is 5.24. The average molecular weight is 262 g/mol. The quantitative estimate of drug-likeness (QED) is 0.630. The summed E-state index contributed by atoms with van der Waals surface area (Å²) in [6.07, 6.45) is 0. The largest absolute Gasteiger partial charge is 0.359 e. The average Bonchev–Trinajstić information content (AvgIpc) is 2.53. The highest BCUT2D eigenvalue weighted by atomic mass is 79.9. The second-order valence-corrected chi connectivity index (χ2v) is 4.32. The zero-order valence-corrected chi connectivity index (χ0v) is 10.00. The maximum atomic E-state index is 4.02. The number of hydrogen-bond acceptors (Lipinski definition) is 2. The normalized spacial score (nSPS) is 11.5. The van der Waals surface area contributed by atoms with Gasteiger partial charge < -0.3 is 10.6 Å². The first kappa shape index (κ1) is 10.5. The van der Waals surface area contributed by atoms with E-state index < -0.39 is 0 Å². The van der Waals surface area contributed by atoms with Crippen molar-refractivity contribution in [3.63, 3.8) is 0 Å². The van der Waals surface area contributed by atoms with Gasteiger partial charge in [0, 0.05) is 28.8 Å². The van der Waals surface area contributed by atoms with Gasteiger partial charge in [-0.15, -0.1) is 11.3 Å². The molecule has 5 heteroatoms. The Kier molecular flexibility index (Phi) is 4.24. The van der Waals surface area contributed by atoms with Crippen LogP contribution in [0.2, 0.25) is 0 Å². The van der Waals surface area contributed by atoms with Crippen LogP contribution < -0.4 is 10.6 Å². The molecule has 0 aromatic carbocycles. The molecular formula is C8H12BrN3S. The van der Waals surface area contributed by atoms with Crippen LogP contribution in [0, 0.1) is 0 Å². The first-order chi connectivity index (χ1) is 6.26. The number of rotatable bonds is 2. The molecule has 0 fully saturated rings. The summed E-state index contributed by atoms with van der Waals surface area (Å²) in [4.78, 5) is 5.30. The van der Waals surface area contributed by atoms with Gasteiger partial charge in [0.2, 0.25) is 0 Å². The minimum absolute atomic E-state index is 0.809. The van der Waals surface area contributed by atoms with E-state index >= 15 is 0 Å². The molecule has 0 aliphatic rings. The van der Waals surface area contributed by atoms with E-state index in [1.54, 1.807) is 18.4 Å². The van der Waals surface area contributed by atoms with Crippen molar-refractivity contribution in [2.24, 2.45) is 4.99 Å². The van der Waals surface area contributed by atoms with E-state index in [0.29, 0.717) is 0 Å². The molecule has 0 saturated carbocycles. The highest BCUT2D eigenvalue weighted by Gasteiger charge is 1.98. The van der Waals surface area contributed by atoms with Crippen molar-refractivity contribution in [2.75, 3.05) is 14.1 Å². The number of hydrogen-bond donors (Lipinski definition) is 2. The van der Waals surface area contributed by atoms with Gasteiger partial charge in [-0.1, -0.05) is 0 Å². The van der Waals surface area contributed by atoms with E-state index in [0.717, 1.165) is 17.0 Å². The van der Waals surface area contributed by atoms with Crippen LogP contribution in [0.3, 0.4) is 0 Å². The molecule has 2 N–H and O–H groups in total. The molecule has 3 nitrogen and oxygen atoms in total. The van der Waals surface area contributed by atoms with Crippen LogP contribution in [0.5, 0.6) is 0 Å². The summed E-state index contributed by atoms with van der Waals surface area (Å²) in [6, 6.07) is 2.10. The number of thiophene rings is 1. The summed E-state index contributed by atoms with van der Waals surface area (Å²) in [7, 11) is 3.60. The zero-order chi connectivity index (χ0) is 9.68. The number of nitrogens with one attached hydrogen (secondary N) is 2.